The summed E-state index contributed by atoms with van der Waals surface area (Å²) >= 11 is 1.37. The normalized spacial score (nSPS) is 11.4. The quantitative estimate of drug-likeness (QED) is 0.317. The van der Waals surface area contributed by atoms with Gasteiger partial charge in [0.15, 0.2) is 0 Å². The lowest BCUT2D eigenvalue weighted by Crippen LogP contribution is -2.02. The predicted octanol–water partition coefficient (Wildman–Crippen LogP) is 5.19. The molecule has 0 aliphatic heterocycles. The van der Waals surface area contributed by atoms with E-state index in [1.165, 1.54) is 11.8 Å². The van der Waals surface area contributed by atoms with E-state index >= 15 is 0 Å². The lowest BCUT2D eigenvalue weighted by Gasteiger charge is -2.06. The van der Waals surface area contributed by atoms with Crippen molar-refractivity contribution in [1.29, 1.82) is 0 Å². The molecule has 0 unspecified atom stereocenters. The molecule has 33 heavy (non-hydrogen) atoms. The Morgan fingerprint density at radius 2 is 1.42 bits per heavy atom. The number of hydrogen-bond donors (Lipinski definition) is 0. The minimum absolute atomic E-state index is 0.257. The van der Waals surface area contributed by atoms with Crippen molar-refractivity contribution in [2.75, 3.05) is 14.2 Å². The maximum absolute atomic E-state index is 12.8. The Kier molecular flexibility index (Phi) is 6.71. The van der Waals surface area contributed by atoms with Crippen LogP contribution < -0.4 is 9.47 Å². The van der Waals surface area contributed by atoms with Crippen LogP contribution in [0, 0.1) is 6.92 Å². The number of sulfone groups is 1. The summed E-state index contributed by atoms with van der Waals surface area (Å²) < 4.78 is 41.9. The van der Waals surface area contributed by atoms with Crippen LogP contribution in [0.3, 0.4) is 0 Å². The molecule has 0 radical (unpaired) electrons. The van der Waals surface area contributed by atoms with Gasteiger partial charge in [0.05, 0.1) is 24.0 Å². The molecule has 9 heteroatoms. The van der Waals surface area contributed by atoms with Crippen molar-refractivity contribution >= 4 is 21.6 Å². The Bertz CT molecular complexity index is 1330. The van der Waals surface area contributed by atoms with Gasteiger partial charge >= 0.3 is 0 Å². The maximum atomic E-state index is 12.8. The molecule has 0 spiro atoms. The van der Waals surface area contributed by atoms with Gasteiger partial charge in [-0.3, -0.25) is 0 Å². The molecule has 0 fully saturated rings. The van der Waals surface area contributed by atoms with Crippen molar-refractivity contribution in [2.24, 2.45) is 0 Å². The Balaban J connectivity index is 1.44. The lowest BCUT2D eigenvalue weighted by molar-refractivity contribution is 0.394. The van der Waals surface area contributed by atoms with Crippen molar-refractivity contribution in [1.82, 2.24) is 10.2 Å². The topological polar surface area (TPSA) is 91.5 Å². The molecule has 0 aliphatic carbocycles. The van der Waals surface area contributed by atoms with Crippen LogP contribution in [0.15, 0.2) is 86.2 Å². The number of thioether (sulfide) groups is 1. The van der Waals surface area contributed by atoms with Gasteiger partial charge in [-0.1, -0.05) is 41.6 Å². The summed E-state index contributed by atoms with van der Waals surface area (Å²) in [6.07, 6.45) is 0. The minimum Gasteiger partial charge on any atom is -0.497 e. The van der Waals surface area contributed by atoms with E-state index in [1.54, 1.807) is 80.9 Å². The number of rotatable bonds is 8. The molecule has 0 bridgehead atoms. The highest BCUT2D eigenvalue weighted by atomic mass is 32.2. The van der Waals surface area contributed by atoms with Crippen LogP contribution >= 0.6 is 11.8 Å². The minimum atomic E-state index is -3.55. The van der Waals surface area contributed by atoms with Gasteiger partial charge in [-0.05, 0) is 48.9 Å². The summed E-state index contributed by atoms with van der Waals surface area (Å²) in [5.41, 5.74) is 2.64. The lowest BCUT2D eigenvalue weighted by atomic mass is 10.2. The molecule has 0 saturated carbocycles. The first-order valence-electron chi connectivity index (χ1n) is 9.99. The molecule has 1 heterocycles. The molecule has 0 saturated heterocycles. The van der Waals surface area contributed by atoms with E-state index in [0.717, 1.165) is 11.1 Å². The number of benzene rings is 3. The predicted molar refractivity (Wildman–Crippen MR) is 125 cm³/mol. The van der Waals surface area contributed by atoms with Crippen molar-refractivity contribution in [3.63, 3.8) is 0 Å². The van der Waals surface area contributed by atoms with E-state index < -0.39 is 9.84 Å². The van der Waals surface area contributed by atoms with Gasteiger partial charge in [-0.15, -0.1) is 10.2 Å². The molecule has 0 N–H and O–H groups in total. The summed E-state index contributed by atoms with van der Waals surface area (Å²) in [5.74, 6) is 2.15. The SMILES string of the molecule is COc1cc(OC)cc(-c2nnc(SCc3ccc(S(=O)(=O)c4ccc(C)cc4)cc3)o2)c1. The molecule has 170 valence electrons. The average Bonchev–Trinajstić information content (AvgIpc) is 3.32. The zero-order chi connectivity index (χ0) is 23.4. The first-order valence-corrected chi connectivity index (χ1v) is 12.5. The molecule has 4 aromatic rings. The fourth-order valence-corrected chi connectivity index (χ4v) is 5.06. The van der Waals surface area contributed by atoms with Crippen LogP contribution in [0.2, 0.25) is 0 Å². The van der Waals surface area contributed by atoms with Crippen LogP contribution in [-0.2, 0) is 15.6 Å². The summed E-state index contributed by atoms with van der Waals surface area (Å²) in [6, 6.07) is 19.0. The summed E-state index contributed by atoms with van der Waals surface area (Å²) in [4.78, 5) is 0.537. The number of aryl methyl sites for hydroxylation is 1. The van der Waals surface area contributed by atoms with E-state index in [9.17, 15) is 8.42 Å². The Hall–Kier alpha value is -3.30. The van der Waals surface area contributed by atoms with Crippen LogP contribution in [0.5, 0.6) is 11.5 Å². The largest absolute Gasteiger partial charge is 0.497 e. The van der Waals surface area contributed by atoms with E-state index in [0.29, 0.717) is 33.9 Å². The highest BCUT2D eigenvalue weighted by Gasteiger charge is 2.17. The molecule has 0 amide bonds. The molecule has 1 aromatic heterocycles. The third kappa shape index (κ3) is 5.20. The van der Waals surface area contributed by atoms with Crippen molar-refractivity contribution in [3.05, 3.63) is 77.9 Å². The monoisotopic (exact) mass is 482 g/mol. The first-order chi connectivity index (χ1) is 15.9. The average molecular weight is 483 g/mol. The van der Waals surface area contributed by atoms with Gasteiger partial charge in [0.1, 0.15) is 11.5 Å². The third-order valence-electron chi connectivity index (χ3n) is 4.93. The number of methoxy groups -OCH3 is 2. The Labute approximate surface area is 196 Å². The van der Waals surface area contributed by atoms with E-state index in [2.05, 4.69) is 10.2 Å². The molecular weight excluding hydrogens is 460 g/mol. The van der Waals surface area contributed by atoms with Gasteiger partial charge in [0, 0.05) is 17.4 Å². The number of aromatic nitrogens is 2. The van der Waals surface area contributed by atoms with E-state index in [-0.39, 0.29) is 9.79 Å². The number of nitrogens with zero attached hydrogens (tertiary/aromatic N) is 2. The van der Waals surface area contributed by atoms with Crippen LogP contribution in [0.1, 0.15) is 11.1 Å². The highest BCUT2D eigenvalue weighted by Crippen LogP contribution is 2.31. The second-order valence-corrected chi connectivity index (χ2v) is 10.1. The van der Waals surface area contributed by atoms with Crippen molar-refractivity contribution in [3.8, 4) is 23.0 Å². The Morgan fingerprint density at radius 3 is 2.00 bits per heavy atom. The second kappa shape index (κ2) is 9.68. The molecule has 0 atom stereocenters. The third-order valence-corrected chi connectivity index (χ3v) is 7.61. The molecule has 4 rings (SSSR count). The van der Waals surface area contributed by atoms with Gasteiger partial charge in [0.25, 0.3) is 5.22 Å². The fourth-order valence-electron chi connectivity index (χ4n) is 3.08. The zero-order valence-corrected chi connectivity index (χ0v) is 19.9. The molecular formula is C24H22N2O5S2. The molecule has 3 aromatic carbocycles. The van der Waals surface area contributed by atoms with E-state index in [1.807, 2.05) is 6.92 Å². The van der Waals surface area contributed by atoms with Gasteiger partial charge in [-0.2, -0.15) is 0 Å². The number of ether oxygens (including phenoxy) is 2. The number of hydrogen-bond acceptors (Lipinski definition) is 8. The fraction of sp³-hybridized carbons (Fsp3) is 0.167. The van der Waals surface area contributed by atoms with Crippen LogP contribution in [-0.4, -0.2) is 32.8 Å². The zero-order valence-electron chi connectivity index (χ0n) is 18.3. The van der Waals surface area contributed by atoms with Gasteiger partial charge in [0.2, 0.25) is 15.7 Å². The first kappa shape index (κ1) is 22.9. The Morgan fingerprint density at radius 1 is 0.848 bits per heavy atom. The van der Waals surface area contributed by atoms with Gasteiger partial charge in [-0.25, -0.2) is 8.42 Å². The van der Waals surface area contributed by atoms with Gasteiger partial charge < -0.3 is 13.9 Å². The van der Waals surface area contributed by atoms with Crippen molar-refractivity contribution < 1.29 is 22.3 Å². The van der Waals surface area contributed by atoms with Crippen molar-refractivity contribution in [2.45, 2.75) is 27.7 Å². The molecule has 7 nitrogen and oxygen atoms in total. The summed E-state index contributed by atoms with van der Waals surface area (Å²) in [7, 11) is -0.398. The molecule has 0 aliphatic rings. The smallest absolute Gasteiger partial charge is 0.277 e. The standard InChI is InChI=1S/C24H22N2O5S2/c1-16-4-8-21(9-5-16)33(27,28)22-10-6-17(7-11-22)15-32-24-26-25-23(31-24)18-12-19(29-2)14-20(13-18)30-3/h4-14H,15H2,1-3H3. The highest BCUT2D eigenvalue weighted by molar-refractivity contribution is 7.98. The maximum Gasteiger partial charge on any atom is 0.277 e. The second-order valence-electron chi connectivity index (χ2n) is 7.22. The van der Waals surface area contributed by atoms with Crippen LogP contribution in [0.4, 0.5) is 0 Å². The summed E-state index contributed by atoms with van der Waals surface area (Å²) in [5, 5.41) is 8.60. The van der Waals surface area contributed by atoms with E-state index in [4.69, 9.17) is 13.9 Å². The summed E-state index contributed by atoms with van der Waals surface area (Å²) in [6.45, 7) is 1.92. The van der Waals surface area contributed by atoms with Crippen LogP contribution in [0.25, 0.3) is 11.5 Å².